The molecule has 0 aromatic heterocycles. The average Bonchev–Trinajstić information content (AvgIpc) is 2.46. The zero-order valence-corrected chi connectivity index (χ0v) is 12.9. The first-order valence-electron chi connectivity index (χ1n) is 6.41. The summed E-state index contributed by atoms with van der Waals surface area (Å²) in [6, 6.07) is 14.6. The van der Waals surface area contributed by atoms with Crippen LogP contribution in [0.1, 0.15) is 24.2 Å². The van der Waals surface area contributed by atoms with Crippen LogP contribution in [0.4, 0.5) is 0 Å². The van der Waals surface area contributed by atoms with Crippen molar-refractivity contribution in [2.45, 2.75) is 13.0 Å². The number of hydrogen-bond acceptors (Lipinski definition) is 2. The summed E-state index contributed by atoms with van der Waals surface area (Å²) in [6.45, 7) is 1.39. The smallest absolute Gasteiger partial charge is 0.303 e. The van der Waals surface area contributed by atoms with E-state index in [0.29, 0.717) is 10.0 Å². The number of carbonyl (C=O) groups excluding carboxylic acids is 1. The number of benzene rings is 2. The number of rotatable bonds is 4. The van der Waals surface area contributed by atoms with Crippen molar-refractivity contribution in [3.05, 3.63) is 75.8 Å². The van der Waals surface area contributed by atoms with Gasteiger partial charge in [-0.25, -0.2) is 0 Å². The van der Waals surface area contributed by atoms with Gasteiger partial charge in [0, 0.05) is 17.0 Å². The van der Waals surface area contributed by atoms with Crippen LogP contribution in [-0.4, -0.2) is 5.97 Å². The summed E-state index contributed by atoms with van der Waals surface area (Å²) in [5.41, 5.74) is 1.84. The predicted molar refractivity (Wildman–Crippen MR) is 86.4 cm³/mol. The fourth-order valence-electron chi connectivity index (χ4n) is 1.82. The summed E-state index contributed by atoms with van der Waals surface area (Å²) in [5.74, 6) is -0.337. The maximum Gasteiger partial charge on any atom is 0.303 e. The Morgan fingerprint density at radius 1 is 1.00 bits per heavy atom. The second-order valence-electron chi connectivity index (χ2n) is 4.49. The molecule has 21 heavy (non-hydrogen) atoms. The molecule has 0 radical (unpaired) electrons. The van der Waals surface area contributed by atoms with Gasteiger partial charge in [0.1, 0.15) is 6.10 Å². The Labute approximate surface area is 134 Å². The molecule has 2 nitrogen and oxygen atoms in total. The van der Waals surface area contributed by atoms with Gasteiger partial charge in [-0.1, -0.05) is 53.5 Å². The van der Waals surface area contributed by atoms with E-state index in [9.17, 15) is 4.79 Å². The van der Waals surface area contributed by atoms with Crippen LogP contribution in [0, 0.1) is 0 Å². The van der Waals surface area contributed by atoms with Gasteiger partial charge in [-0.2, -0.15) is 0 Å². The topological polar surface area (TPSA) is 26.3 Å². The zero-order valence-electron chi connectivity index (χ0n) is 11.4. The van der Waals surface area contributed by atoms with Crippen molar-refractivity contribution < 1.29 is 9.53 Å². The lowest BCUT2D eigenvalue weighted by Gasteiger charge is -2.13. The number of ether oxygens (including phenoxy) is 1. The molecule has 0 aliphatic carbocycles. The van der Waals surface area contributed by atoms with Crippen LogP contribution >= 0.6 is 23.2 Å². The Morgan fingerprint density at radius 3 is 2.05 bits per heavy atom. The van der Waals surface area contributed by atoms with Gasteiger partial charge in [0.2, 0.25) is 0 Å². The lowest BCUT2D eigenvalue weighted by Crippen LogP contribution is -2.05. The highest BCUT2D eigenvalue weighted by atomic mass is 35.5. The fraction of sp³-hybridized carbons (Fsp3) is 0.118. The molecule has 0 spiro atoms. The van der Waals surface area contributed by atoms with E-state index in [1.165, 1.54) is 6.92 Å². The molecule has 4 heteroatoms. The van der Waals surface area contributed by atoms with E-state index in [1.54, 1.807) is 12.1 Å². The Kier molecular flexibility index (Phi) is 5.43. The van der Waals surface area contributed by atoms with Gasteiger partial charge < -0.3 is 4.74 Å². The summed E-state index contributed by atoms with van der Waals surface area (Å²) in [7, 11) is 0. The van der Waals surface area contributed by atoms with Gasteiger partial charge in [-0.05, 0) is 41.5 Å². The van der Waals surface area contributed by atoms with Crippen molar-refractivity contribution in [3.8, 4) is 0 Å². The second kappa shape index (κ2) is 7.30. The summed E-state index contributed by atoms with van der Waals surface area (Å²) in [6.07, 6.45) is 3.27. The molecule has 0 aliphatic heterocycles. The van der Waals surface area contributed by atoms with Gasteiger partial charge >= 0.3 is 5.97 Å². The van der Waals surface area contributed by atoms with Crippen LogP contribution in [0.15, 0.2) is 54.6 Å². The first kappa shape index (κ1) is 15.6. The maximum atomic E-state index is 11.3. The monoisotopic (exact) mass is 320 g/mol. The van der Waals surface area contributed by atoms with Crippen LogP contribution in [-0.2, 0) is 9.53 Å². The summed E-state index contributed by atoms with van der Waals surface area (Å²) in [5, 5.41) is 1.32. The minimum absolute atomic E-state index is 0.337. The van der Waals surface area contributed by atoms with E-state index in [-0.39, 0.29) is 5.97 Å². The number of carbonyl (C=O) groups is 1. The molecule has 0 saturated carbocycles. The Bertz CT molecular complexity index is 631. The molecular weight excluding hydrogens is 307 g/mol. The van der Waals surface area contributed by atoms with Crippen molar-refractivity contribution in [1.82, 2.24) is 0 Å². The van der Waals surface area contributed by atoms with Crippen LogP contribution in [0.5, 0.6) is 0 Å². The molecule has 1 atom stereocenters. The molecule has 2 rings (SSSR count). The van der Waals surface area contributed by atoms with Gasteiger partial charge in [-0.3, -0.25) is 4.79 Å². The largest absolute Gasteiger partial charge is 0.453 e. The SMILES string of the molecule is CC(=O)O[C@H](/C=C/c1ccc(Cl)cc1)c1ccc(Cl)cc1. The van der Waals surface area contributed by atoms with Crippen LogP contribution < -0.4 is 0 Å². The molecule has 0 amide bonds. The molecule has 0 heterocycles. The first-order chi connectivity index (χ1) is 10.0. The Balaban J connectivity index is 2.21. The van der Waals surface area contributed by atoms with Gasteiger partial charge in [0.05, 0.1) is 0 Å². The highest BCUT2D eigenvalue weighted by Gasteiger charge is 2.11. The van der Waals surface area contributed by atoms with Crippen LogP contribution in [0.2, 0.25) is 10.0 Å². The van der Waals surface area contributed by atoms with Crippen molar-refractivity contribution in [2.75, 3.05) is 0 Å². The molecule has 0 saturated heterocycles. The maximum absolute atomic E-state index is 11.3. The Hall–Kier alpha value is -1.77. The molecular formula is C17H14Cl2O2. The van der Waals surface area contributed by atoms with E-state index in [1.807, 2.05) is 48.6 Å². The molecule has 0 bridgehead atoms. The number of esters is 1. The van der Waals surface area contributed by atoms with Crippen LogP contribution in [0.25, 0.3) is 6.08 Å². The van der Waals surface area contributed by atoms with Crippen molar-refractivity contribution >= 4 is 35.2 Å². The molecule has 2 aromatic carbocycles. The predicted octanol–water partition coefficient (Wildman–Crippen LogP) is 5.31. The summed E-state index contributed by atoms with van der Waals surface area (Å²) in [4.78, 5) is 11.3. The number of halogens is 2. The van der Waals surface area contributed by atoms with Gasteiger partial charge in [0.25, 0.3) is 0 Å². The van der Waals surface area contributed by atoms with E-state index in [4.69, 9.17) is 27.9 Å². The highest BCUT2D eigenvalue weighted by Crippen LogP contribution is 2.22. The third-order valence-electron chi connectivity index (χ3n) is 2.82. The third-order valence-corrected chi connectivity index (χ3v) is 3.33. The van der Waals surface area contributed by atoms with E-state index < -0.39 is 6.10 Å². The van der Waals surface area contributed by atoms with E-state index in [0.717, 1.165) is 11.1 Å². The second-order valence-corrected chi connectivity index (χ2v) is 5.37. The minimum Gasteiger partial charge on any atom is -0.453 e. The lowest BCUT2D eigenvalue weighted by molar-refractivity contribution is -0.144. The Morgan fingerprint density at radius 2 is 1.52 bits per heavy atom. The average molecular weight is 321 g/mol. The fourth-order valence-corrected chi connectivity index (χ4v) is 2.07. The molecule has 0 N–H and O–H groups in total. The zero-order chi connectivity index (χ0) is 15.2. The van der Waals surface area contributed by atoms with E-state index >= 15 is 0 Å². The third kappa shape index (κ3) is 4.92. The molecule has 0 fully saturated rings. The highest BCUT2D eigenvalue weighted by molar-refractivity contribution is 6.30. The van der Waals surface area contributed by atoms with Crippen molar-refractivity contribution in [2.24, 2.45) is 0 Å². The minimum atomic E-state index is -0.449. The standard InChI is InChI=1S/C17H14Cl2O2/c1-12(20)21-17(14-5-9-16(19)10-6-14)11-4-13-2-7-15(18)8-3-13/h2-11,17H,1H3/b11-4+/t17-/m1/s1. The van der Waals surface area contributed by atoms with Crippen molar-refractivity contribution in [1.29, 1.82) is 0 Å². The summed E-state index contributed by atoms with van der Waals surface area (Å²) < 4.78 is 5.33. The molecule has 0 unspecified atom stereocenters. The number of hydrogen-bond donors (Lipinski definition) is 0. The lowest BCUT2D eigenvalue weighted by atomic mass is 10.1. The van der Waals surface area contributed by atoms with Gasteiger partial charge in [0.15, 0.2) is 0 Å². The normalized spacial score (nSPS) is 12.3. The molecule has 2 aromatic rings. The summed E-state index contributed by atoms with van der Waals surface area (Å²) >= 11 is 11.7. The van der Waals surface area contributed by atoms with Crippen LogP contribution in [0.3, 0.4) is 0 Å². The van der Waals surface area contributed by atoms with E-state index in [2.05, 4.69) is 0 Å². The quantitative estimate of drug-likeness (QED) is 0.713. The van der Waals surface area contributed by atoms with Crippen molar-refractivity contribution in [3.63, 3.8) is 0 Å². The molecule has 108 valence electrons. The first-order valence-corrected chi connectivity index (χ1v) is 7.16. The van der Waals surface area contributed by atoms with Gasteiger partial charge in [-0.15, -0.1) is 0 Å². The molecule has 0 aliphatic rings.